The lowest BCUT2D eigenvalue weighted by Crippen LogP contribution is -2.29. The third-order valence-corrected chi connectivity index (χ3v) is 9.29. The average molecular weight is 487 g/mol. The van der Waals surface area contributed by atoms with E-state index >= 15 is 0 Å². The second-order valence-electron chi connectivity index (χ2n) is 8.44. The van der Waals surface area contributed by atoms with Gasteiger partial charge in [-0.3, -0.25) is 4.55 Å². The van der Waals surface area contributed by atoms with Crippen LogP contribution in [0.2, 0.25) is 0 Å². The molecule has 3 aromatic carbocycles. The summed E-state index contributed by atoms with van der Waals surface area (Å²) < 4.78 is 45.8. The Labute approximate surface area is 198 Å². The van der Waals surface area contributed by atoms with Crippen LogP contribution in [0.1, 0.15) is 50.7 Å². The third-order valence-electron chi connectivity index (χ3n) is 5.58. The molecule has 0 aliphatic rings. The maximum Gasteiger partial charge on any atom is 0.295 e. The minimum absolute atomic E-state index is 0.0628. The van der Waals surface area contributed by atoms with Gasteiger partial charge in [0.05, 0.1) is 14.2 Å². The first-order valence-electron chi connectivity index (χ1n) is 10.8. The standard InChI is InChI=1S/C26H31O5PS/c1-17(2)21-15-19(30-5)11-13-23(21)32(25-9-7-8-10-26(25)33(27,28)29)24-14-12-20(31-6)16-22(24)18(3)4/h7-18H,1-6H3,(H,27,28,29). The van der Waals surface area contributed by atoms with Gasteiger partial charge in [0.1, 0.15) is 16.4 Å². The van der Waals surface area contributed by atoms with Gasteiger partial charge in [-0.2, -0.15) is 8.42 Å². The van der Waals surface area contributed by atoms with Crippen molar-refractivity contribution in [3.05, 3.63) is 71.8 Å². The Morgan fingerprint density at radius 1 is 0.727 bits per heavy atom. The summed E-state index contributed by atoms with van der Waals surface area (Å²) in [5.41, 5.74) is 2.16. The van der Waals surface area contributed by atoms with Crippen LogP contribution < -0.4 is 25.4 Å². The molecule has 0 aliphatic heterocycles. The fourth-order valence-corrected chi connectivity index (χ4v) is 8.02. The van der Waals surface area contributed by atoms with E-state index in [9.17, 15) is 13.0 Å². The largest absolute Gasteiger partial charge is 0.497 e. The number of ether oxygens (including phenoxy) is 2. The van der Waals surface area contributed by atoms with Gasteiger partial charge in [0.15, 0.2) is 0 Å². The van der Waals surface area contributed by atoms with Crippen LogP contribution in [-0.4, -0.2) is 27.2 Å². The molecule has 0 fully saturated rings. The van der Waals surface area contributed by atoms with Crippen LogP contribution in [0.4, 0.5) is 0 Å². The molecule has 0 saturated heterocycles. The van der Waals surface area contributed by atoms with Crippen LogP contribution in [0.15, 0.2) is 65.6 Å². The van der Waals surface area contributed by atoms with Crippen LogP contribution in [-0.2, 0) is 10.1 Å². The van der Waals surface area contributed by atoms with Gasteiger partial charge >= 0.3 is 0 Å². The summed E-state index contributed by atoms with van der Waals surface area (Å²) in [7, 11) is -2.47. The average Bonchev–Trinajstić information content (AvgIpc) is 2.79. The zero-order chi connectivity index (χ0) is 24.3. The van der Waals surface area contributed by atoms with E-state index in [4.69, 9.17) is 9.47 Å². The Morgan fingerprint density at radius 2 is 1.18 bits per heavy atom. The van der Waals surface area contributed by atoms with E-state index in [1.54, 1.807) is 26.4 Å². The molecule has 7 heteroatoms. The van der Waals surface area contributed by atoms with Crippen LogP contribution in [0, 0.1) is 0 Å². The summed E-state index contributed by atoms with van der Waals surface area (Å²) >= 11 is 0. The van der Waals surface area contributed by atoms with Crippen LogP contribution in [0.25, 0.3) is 0 Å². The molecule has 0 amide bonds. The van der Waals surface area contributed by atoms with E-state index in [0.29, 0.717) is 5.30 Å². The molecule has 0 unspecified atom stereocenters. The van der Waals surface area contributed by atoms with Crippen molar-refractivity contribution in [1.29, 1.82) is 0 Å². The first-order valence-corrected chi connectivity index (χ1v) is 13.6. The monoisotopic (exact) mass is 486 g/mol. The summed E-state index contributed by atoms with van der Waals surface area (Å²) in [6, 6.07) is 18.6. The second-order valence-corrected chi connectivity index (χ2v) is 11.9. The number of hydrogen-bond acceptors (Lipinski definition) is 4. The van der Waals surface area contributed by atoms with Gasteiger partial charge in [-0.1, -0.05) is 45.9 Å². The number of methoxy groups -OCH3 is 2. The lowest BCUT2D eigenvalue weighted by Gasteiger charge is -2.28. The number of rotatable bonds is 8. The predicted octanol–water partition coefficient (Wildman–Crippen LogP) is 4.96. The van der Waals surface area contributed by atoms with Gasteiger partial charge in [0.2, 0.25) is 0 Å². The highest BCUT2D eigenvalue weighted by Crippen LogP contribution is 2.41. The molecule has 5 nitrogen and oxygen atoms in total. The van der Waals surface area contributed by atoms with Crippen molar-refractivity contribution < 1.29 is 22.4 Å². The van der Waals surface area contributed by atoms with E-state index < -0.39 is 18.0 Å². The minimum atomic E-state index is -4.42. The van der Waals surface area contributed by atoms with Crippen molar-refractivity contribution in [1.82, 2.24) is 0 Å². The van der Waals surface area contributed by atoms with Gasteiger partial charge in [-0.25, -0.2) is 0 Å². The zero-order valence-electron chi connectivity index (χ0n) is 19.9. The van der Waals surface area contributed by atoms with E-state index in [1.165, 1.54) is 6.07 Å². The minimum Gasteiger partial charge on any atom is -0.497 e. The topological polar surface area (TPSA) is 72.8 Å². The molecule has 3 rings (SSSR count). The van der Waals surface area contributed by atoms with Gasteiger partial charge < -0.3 is 9.47 Å². The SMILES string of the molecule is COc1ccc(P(c2ccc(OC)cc2C(C)C)c2ccccc2S(=O)(=O)O)c(C(C)C)c1. The molecular weight excluding hydrogens is 455 g/mol. The van der Waals surface area contributed by atoms with Crippen molar-refractivity contribution in [2.24, 2.45) is 0 Å². The highest BCUT2D eigenvalue weighted by Gasteiger charge is 2.29. The molecule has 0 aliphatic carbocycles. The molecule has 0 spiro atoms. The maximum absolute atomic E-state index is 12.4. The van der Waals surface area contributed by atoms with E-state index in [-0.39, 0.29) is 16.7 Å². The Bertz CT molecular complexity index is 1180. The van der Waals surface area contributed by atoms with Gasteiger partial charge in [-0.05, 0) is 84.0 Å². The first kappa shape index (κ1) is 25.2. The fourth-order valence-electron chi connectivity index (χ4n) is 3.90. The van der Waals surface area contributed by atoms with Gasteiger partial charge in [0.25, 0.3) is 10.1 Å². The molecule has 0 bridgehead atoms. The van der Waals surface area contributed by atoms with Crippen LogP contribution in [0.5, 0.6) is 11.5 Å². The molecule has 3 aromatic rings. The summed E-state index contributed by atoms with van der Waals surface area (Å²) in [5, 5.41) is 2.65. The van der Waals surface area contributed by atoms with Crippen LogP contribution in [0.3, 0.4) is 0 Å². The lowest BCUT2D eigenvalue weighted by molar-refractivity contribution is 0.414. The zero-order valence-corrected chi connectivity index (χ0v) is 21.6. The third kappa shape index (κ3) is 5.40. The summed E-state index contributed by atoms with van der Waals surface area (Å²) in [4.78, 5) is -0.0628. The van der Waals surface area contributed by atoms with Crippen molar-refractivity contribution in [3.63, 3.8) is 0 Å². The Hall–Kier alpha value is -2.40. The van der Waals surface area contributed by atoms with E-state index in [0.717, 1.165) is 33.2 Å². The van der Waals surface area contributed by atoms with E-state index in [2.05, 4.69) is 27.7 Å². The lowest BCUT2D eigenvalue weighted by atomic mass is 10.0. The van der Waals surface area contributed by atoms with Gasteiger partial charge in [-0.15, -0.1) is 0 Å². The Kier molecular flexibility index (Phi) is 7.84. The molecule has 0 heterocycles. The molecule has 0 saturated carbocycles. The first-order chi connectivity index (χ1) is 15.6. The molecule has 33 heavy (non-hydrogen) atoms. The molecular formula is C26H31O5PS. The number of hydrogen-bond donors (Lipinski definition) is 1. The quantitative estimate of drug-likeness (QED) is 0.360. The Morgan fingerprint density at radius 3 is 1.58 bits per heavy atom. The molecule has 1 N–H and O–H groups in total. The van der Waals surface area contributed by atoms with E-state index in [1.807, 2.05) is 42.5 Å². The summed E-state index contributed by atoms with van der Waals surface area (Å²) in [6.07, 6.45) is 0. The fraction of sp³-hybridized carbons (Fsp3) is 0.308. The highest BCUT2D eigenvalue weighted by molar-refractivity contribution is 7.88. The van der Waals surface area contributed by atoms with Crippen molar-refractivity contribution in [2.45, 2.75) is 44.4 Å². The Balaban J connectivity index is 2.44. The maximum atomic E-state index is 12.4. The normalized spacial score (nSPS) is 11.9. The second kappa shape index (κ2) is 10.3. The predicted molar refractivity (Wildman–Crippen MR) is 136 cm³/mol. The van der Waals surface area contributed by atoms with Crippen molar-refractivity contribution in [3.8, 4) is 11.5 Å². The molecule has 0 radical (unpaired) electrons. The van der Waals surface area contributed by atoms with Crippen molar-refractivity contribution in [2.75, 3.05) is 14.2 Å². The smallest absolute Gasteiger partial charge is 0.295 e. The number of benzene rings is 3. The summed E-state index contributed by atoms with van der Waals surface area (Å²) in [6.45, 7) is 8.44. The molecule has 176 valence electrons. The van der Waals surface area contributed by atoms with Crippen LogP contribution >= 0.6 is 7.92 Å². The van der Waals surface area contributed by atoms with Gasteiger partial charge in [0, 0.05) is 5.30 Å². The molecule has 0 atom stereocenters. The van der Waals surface area contributed by atoms with Crippen molar-refractivity contribution >= 4 is 34.0 Å². The highest BCUT2D eigenvalue weighted by atomic mass is 32.2. The molecule has 0 aromatic heterocycles. The summed E-state index contributed by atoms with van der Waals surface area (Å²) in [5.74, 6) is 1.86.